The number of imidazole rings is 2. The summed E-state index contributed by atoms with van der Waals surface area (Å²) in [7, 11) is 0. The molecule has 172 valence electrons. The fourth-order valence-electron chi connectivity index (χ4n) is 4.48. The van der Waals surface area contributed by atoms with Gasteiger partial charge >= 0.3 is 0 Å². The molecule has 0 bridgehead atoms. The molecule has 5 aromatic rings. The number of hydrogen-bond acceptors (Lipinski definition) is 7. The molecule has 34 heavy (non-hydrogen) atoms. The number of thiazole rings is 1. The molecule has 1 amide bonds. The molecule has 4 aromatic heterocycles. The van der Waals surface area contributed by atoms with Crippen molar-refractivity contribution in [3.8, 4) is 11.5 Å². The molecule has 1 atom stereocenters. The van der Waals surface area contributed by atoms with Gasteiger partial charge in [0, 0.05) is 31.9 Å². The lowest BCUT2D eigenvalue weighted by Gasteiger charge is -2.40. The number of carbonyl (C=O) groups is 1. The van der Waals surface area contributed by atoms with Gasteiger partial charge in [-0.25, -0.2) is 19.9 Å². The third kappa shape index (κ3) is 3.74. The predicted octanol–water partition coefficient (Wildman–Crippen LogP) is 3.93. The molecule has 0 unspecified atom stereocenters. The highest BCUT2D eigenvalue weighted by molar-refractivity contribution is 9.11. The normalized spacial score (nSPS) is 16.6. The van der Waals surface area contributed by atoms with E-state index in [1.54, 1.807) is 23.9 Å². The zero-order valence-corrected chi connectivity index (χ0v) is 20.8. The molecule has 5 heterocycles. The first-order chi connectivity index (χ1) is 16.6. The minimum atomic E-state index is 0.0494. The molecule has 0 aliphatic carbocycles. The van der Waals surface area contributed by atoms with Gasteiger partial charge in [0.2, 0.25) is 5.91 Å². The quantitative estimate of drug-likeness (QED) is 0.373. The fraction of sp³-hybridized carbons (Fsp3) is 0.261. The maximum absolute atomic E-state index is 13.2. The Labute approximate surface area is 207 Å². The third-order valence-electron chi connectivity index (χ3n) is 6.11. The summed E-state index contributed by atoms with van der Waals surface area (Å²) in [5.74, 6) is 0.823. The van der Waals surface area contributed by atoms with Gasteiger partial charge in [-0.1, -0.05) is 23.5 Å². The molecule has 1 N–H and O–H groups in total. The van der Waals surface area contributed by atoms with E-state index in [0.717, 1.165) is 55.7 Å². The van der Waals surface area contributed by atoms with E-state index < -0.39 is 0 Å². The highest BCUT2D eigenvalue weighted by Gasteiger charge is 2.31. The highest BCUT2D eigenvalue weighted by Crippen LogP contribution is 2.38. The Balaban J connectivity index is 1.21. The van der Waals surface area contributed by atoms with Gasteiger partial charge in [-0.15, -0.1) is 0 Å². The Morgan fingerprint density at radius 3 is 2.85 bits per heavy atom. The molecule has 9 nitrogen and oxygen atoms in total. The number of carbonyl (C=O) groups excluding carboxylic acids is 1. The minimum Gasteiger partial charge on any atom is -0.358 e. The van der Waals surface area contributed by atoms with Crippen LogP contribution in [-0.2, 0) is 11.3 Å². The number of H-pyrrole nitrogens is 1. The van der Waals surface area contributed by atoms with Crippen molar-refractivity contribution in [1.29, 1.82) is 0 Å². The Morgan fingerprint density at radius 2 is 2.00 bits per heavy atom. The second kappa shape index (κ2) is 8.48. The van der Waals surface area contributed by atoms with Crippen molar-refractivity contribution in [2.75, 3.05) is 24.5 Å². The van der Waals surface area contributed by atoms with E-state index in [2.05, 4.69) is 42.7 Å². The number of nitrogens with one attached hydrogen (secondary N) is 1. The number of nitrogens with zero attached hydrogens (tertiary/aromatic N) is 7. The Hall–Kier alpha value is -3.31. The number of para-hydroxylation sites is 2. The van der Waals surface area contributed by atoms with E-state index in [0.29, 0.717) is 6.54 Å². The largest absolute Gasteiger partial charge is 0.358 e. The number of halogens is 1. The first kappa shape index (κ1) is 21.2. The van der Waals surface area contributed by atoms with Gasteiger partial charge in [0.25, 0.3) is 0 Å². The van der Waals surface area contributed by atoms with Gasteiger partial charge in [0.05, 0.1) is 17.4 Å². The number of hydrogen-bond donors (Lipinski definition) is 1. The average Bonchev–Trinajstić information content (AvgIpc) is 3.55. The van der Waals surface area contributed by atoms with Crippen LogP contribution in [0.4, 0.5) is 5.00 Å². The predicted molar refractivity (Wildman–Crippen MR) is 136 cm³/mol. The van der Waals surface area contributed by atoms with Crippen LogP contribution < -0.4 is 4.90 Å². The highest BCUT2D eigenvalue weighted by atomic mass is 79.9. The maximum atomic E-state index is 13.2. The summed E-state index contributed by atoms with van der Waals surface area (Å²) < 4.78 is 2.63. The standard InChI is InChI=1S/C23H21BrN8OS/c1-14-11-30(9-10-32(14)18(33)12-31-13-26-17-7-4-8-25-21(17)31)22-19(29-23(24)34-22)20-27-15-5-2-3-6-16(15)28-20/h2-8,13-14H,9-12H2,1H3,(H,27,28)/t14-/m1/s1. The van der Waals surface area contributed by atoms with Crippen molar-refractivity contribution in [3.63, 3.8) is 0 Å². The number of aromatic amines is 1. The summed E-state index contributed by atoms with van der Waals surface area (Å²) in [4.78, 5) is 39.0. The van der Waals surface area contributed by atoms with E-state index >= 15 is 0 Å². The smallest absolute Gasteiger partial charge is 0.242 e. The van der Waals surface area contributed by atoms with Gasteiger partial charge < -0.3 is 19.4 Å². The van der Waals surface area contributed by atoms with Crippen molar-refractivity contribution in [2.45, 2.75) is 19.5 Å². The van der Waals surface area contributed by atoms with Gasteiger partial charge in [-0.2, -0.15) is 0 Å². The summed E-state index contributed by atoms with van der Waals surface area (Å²) in [5.41, 5.74) is 4.25. The van der Waals surface area contributed by atoms with Crippen LogP contribution in [0.25, 0.3) is 33.7 Å². The van der Waals surface area contributed by atoms with Crippen LogP contribution in [0.2, 0.25) is 0 Å². The molecule has 1 aliphatic rings. The van der Waals surface area contributed by atoms with Crippen LogP contribution in [0.1, 0.15) is 6.92 Å². The second-order valence-electron chi connectivity index (χ2n) is 8.32. The molecular weight excluding hydrogens is 516 g/mol. The Kier molecular flexibility index (Phi) is 5.30. The SMILES string of the molecule is C[C@@H]1CN(c2sc(Br)nc2-c2nc3ccccc3[nH]2)CCN1C(=O)Cn1cnc2cccnc21. The van der Waals surface area contributed by atoms with Gasteiger partial charge in [0.1, 0.15) is 22.8 Å². The number of fused-ring (bicyclic) bond motifs is 2. The van der Waals surface area contributed by atoms with E-state index in [1.165, 1.54) is 0 Å². The summed E-state index contributed by atoms with van der Waals surface area (Å²) in [6.07, 6.45) is 3.41. The van der Waals surface area contributed by atoms with Crippen LogP contribution >= 0.6 is 27.3 Å². The topological polar surface area (TPSA) is 95.8 Å². The van der Waals surface area contributed by atoms with Crippen LogP contribution in [0.3, 0.4) is 0 Å². The lowest BCUT2D eigenvalue weighted by atomic mass is 10.2. The zero-order chi connectivity index (χ0) is 23.2. The van der Waals surface area contributed by atoms with Gasteiger partial charge in [-0.3, -0.25) is 4.79 Å². The molecule has 1 fully saturated rings. The van der Waals surface area contributed by atoms with Crippen LogP contribution in [0, 0.1) is 0 Å². The van der Waals surface area contributed by atoms with E-state index in [-0.39, 0.29) is 18.5 Å². The van der Waals surface area contributed by atoms with E-state index in [1.807, 2.05) is 45.9 Å². The average molecular weight is 537 g/mol. The summed E-state index contributed by atoms with van der Waals surface area (Å²) in [5, 5.41) is 1.05. The van der Waals surface area contributed by atoms with Crippen molar-refractivity contribution in [3.05, 3.63) is 52.8 Å². The molecular formula is C23H21BrN8OS. The molecule has 0 spiro atoms. The molecule has 0 radical (unpaired) electrons. The fourth-order valence-corrected chi connectivity index (χ4v) is 5.95. The van der Waals surface area contributed by atoms with E-state index in [4.69, 9.17) is 9.97 Å². The number of benzene rings is 1. The van der Waals surface area contributed by atoms with Crippen molar-refractivity contribution < 1.29 is 4.79 Å². The Bertz CT molecular complexity index is 1470. The molecule has 11 heteroatoms. The lowest BCUT2D eigenvalue weighted by molar-refractivity contribution is -0.134. The summed E-state index contributed by atoms with van der Waals surface area (Å²) >= 11 is 5.14. The lowest BCUT2D eigenvalue weighted by Crippen LogP contribution is -2.54. The summed E-state index contributed by atoms with van der Waals surface area (Å²) in [6.45, 7) is 4.39. The first-order valence-electron chi connectivity index (χ1n) is 11.0. The molecule has 1 aromatic carbocycles. The summed E-state index contributed by atoms with van der Waals surface area (Å²) in [6, 6.07) is 11.8. The zero-order valence-electron chi connectivity index (χ0n) is 18.3. The third-order valence-corrected chi connectivity index (χ3v) is 7.68. The number of rotatable bonds is 4. The molecule has 6 rings (SSSR count). The first-order valence-corrected chi connectivity index (χ1v) is 12.6. The monoisotopic (exact) mass is 536 g/mol. The van der Waals surface area contributed by atoms with Crippen LogP contribution in [0.15, 0.2) is 52.8 Å². The minimum absolute atomic E-state index is 0.0494. The molecule has 0 saturated carbocycles. The number of pyridine rings is 1. The Morgan fingerprint density at radius 1 is 1.15 bits per heavy atom. The number of piperazine rings is 1. The maximum Gasteiger partial charge on any atom is 0.242 e. The molecule has 1 saturated heterocycles. The number of anilines is 1. The van der Waals surface area contributed by atoms with Crippen molar-refractivity contribution in [1.82, 2.24) is 34.4 Å². The number of amides is 1. The van der Waals surface area contributed by atoms with Crippen LogP contribution in [0.5, 0.6) is 0 Å². The van der Waals surface area contributed by atoms with Crippen molar-refractivity contribution >= 4 is 60.4 Å². The second-order valence-corrected chi connectivity index (χ2v) is 10.6. The van der Waals surface area contributed by atoms with Crippen LogP contribution in [-0.4, -0.2) is 66.0 Å². The van der Waals surface area contributed by atoms with Gasteiger partial charge in [-0.05, 0) is 47.1 Å². The number of aromatic nitrogens is 6. The van der Waals surface area contributed by atoms with Gasteiger partial charge in [0.15, 0.2) is 15.4 Å². The molecule has 1 aliphatic heterocycles. The van der Waals surface area contributed by atoms with E-state index in [9.17, 15) is 4.79 Å². The van der Waals surface area contributed by atoms with Crippen molar-refractivity contribution in [2.24, 2.45) is 0 Å².